The Hall–Kier alpha value is -0.470. The van der Waals surface area contributed by atoms with Crippen molar-refractivity contribution in [3.05, 3.63) is 16.3 Å². The van der Waals surface area contributed by atoms with Gasteiger partial charge < -0.3 is 10.1 Å². The van der Waals surface area contributed by atoms with Crippen LogP contribution in [0.25, 0.3) is 0 Å². The molecule has 0 atom stereocenters. The van der Waals surface area contributed by atoms with Gasteiger partial charge >= 0.3 is 0 Å². The molecule has 1 fully saturated rings. The second-order valence-corrected chi connectivity index (χ2v) is 7.99. The number of ether oxygens (including phenoxy) is 1. The molecule has 20 heavy (non-hydrogen) atoms. The maximum Gasteiger partial charge on any atom is 0.241 e. The van der Waals surface area contributed by atoms with E-state index in [4.69, 9.17) is 4.74 Å². The van der Waals surface area contributed by atoms with Crippen LogP contribution in [0.4, 0.5) is 0 Å². The van der Waals surface area contributed by atoms with Crippen LogP contribution in [0.2, 0.25) is 0 Å². The number of hydrogen-bond donors (Lipinski definition) is 2. The molecule has 0 aromatic carbocycles. The summed E-state index contributed by atoms with van der Waals surface area (Å²) in [6.07, 6.45) is 1.42. The third-order valence-electron chi connectivity index (χ3n) is 3.47. The van der Waals surface area contributed by atoms with Gasteiger partial charge in [0.1, 0.15) is 0 Å². The Balaban J connectivity index is 2.07. The number of rotatable bonds is 6. The first-order valence-electron chi connectivity index (χ1n) is 6.85. The minimum Gasteiger partial charge on any atom is -0.381 e. The summed E-state index contributed by atoms with van der Waals surface area (Å²) in [4.78, 5) is 1.40. The molecule has 0 aliphatic carbocycles. The molecule has 0 unspecified atom stereocenters. The lowest BCUT2D eigenvalue weighted by Gasteiger charge is -2.33. The van der Waals surface area contributed by atoms with E-state index < -0.39 is 15.6 Å². The van der Waals surface area contributed by atoms with Crippen LogP contribution in [0.1, 0.15) is 31.6 Å². The average Bonchev–Trinajstić information content (AvgIpc) is 2.85. The van der Waals surface area contributed by atoms with Crippen LogP contribution in [-0.2, 0) is 21.3 Å². The van der Waals surface area contributed by atoms with Gasteiger partial charge in [-0.25, -0.2) is 13.1 Å². The summed E-state index contributed by atoms with van der Waals surface area (Å²) >= 11 is 1.47. The van der Waals surface area contributed by atoms with Crippen molar-refractivity contribution in [2.24, 2.45) is 0 Å². The highest BCUT2D eigenvalue weighted by Gasteiger charge is 2.32. The third-order valence-corrected chi connectivity index (χ3v) is 6.17. The van der Waals surface area contributed by atoms with E-state index in [-0.39, 0.29) is 0 Å². The van der Waals surface area contributed by atoms with Gasteiger partial charge in [-0.3, -0.25) is 0 Å². The van der Waals surface area contributed by atoms with E-state index in [1.54, 1.807) is 11.4 Å². The monoisotopic (exact) mass is 318 g/mol. The topological polar surface area (TPSA) is 67.4 Å². The number of sulfonamides is 1. The zero-order valence-electron chi connectivity index (χ0n) is 11.9. The van der Waals surface area contributed by atoms with Gasteiger partial charge in [0.2, 0.25) is 10.0 Å². The molecule has 0 radical (unpaired) electrons. The molecule has 2 rings (SSSR count). The molecular formula is C13H22N2O3S2. The van der Waals surface area contributed by atoms with Crippen LogP contribution in [0.15, 0.2) is 16.3 Å². The zero-order valence-corrected chi connectivity index (χ0v) is 13.6. The summed E-state index contributed by atoms with van der Waals surface area (Å²) in [5.41, 5.74) is -0.402. The highest BCUT2D eigenvalue weighted by atomic mass is 32.2. The third kappa shape index (κ3) is 4.02. The average molecular weight is 318 g/mol. The molecule has 1 aromatic heterocycles. The maximum atomic E-state index is 12.4. The molecule has 1 aliphatic heterocycles. The fourth-order valence-electron chi connectivity index (χ4n) is 2.15. The molecule has 5 nitrogen and oxygen atoms in total. The number of thiophene rings is 1. The second-order valence-electron chi connectivity index (χ2n) is 5.31. The summed E-state index contributed by atoms with van der Waals surface area (Å²) in [6, 6.07) is 1.75. The predicted octanol–water partition coefficient (Wildman–Crippen LogP) is 1.70. The van der Waals surface area contributed by atoms with Gasteiger partial charge in [0.15, 0.2) is 0 Å². The van der Waals surface area contributed by atoms with Crippen molar-refractivity contribution in [2.75, 3.05) is 19.8 Å². The molecule has 1 aliphatic rings. The van der Waals surface area contributed by atoms with Crippen molar-refractivity contribution in [1.29, 1.82) is 0 Å². The largest absolute Gasteiger partial charge is 0.381 e. The Kier molecular flexibility index (Phi) is 5.19. The van der Waals surface area contributed by atoms with Crippen LogP contribution in [0.5, 0.6) is 0 Å². The Morgan fingerprint density at radius 3 is 2.75 bits per heavy atom. The van der Waals surface area contributed by atoms with Gasteiger partial charge in [-0.1, -0.05) is 6.92 Å². The molecule has 114 valence electrons. The van der Waals surface area contributed by atoms with E-state index in [1.165, 1.54) is 11.3 Å². The van der Waals surface area contributed by atoms with Crippen LogP contribution in [-0.4, -0.2) is 33.7 Å². The summed E-state index contributed by atoms with van der Waals surface area (Å²) < 4.78 is 33.0. The van der Waals surface area contributed by atoms with Gasteiger partial charge in [-0.05, 0) is 32.4 Å². The van der Waals surface area contributed by atoms with E-state index >= 15 is 0 Å². The molecule has 1 saturated heterocycles. The second kappa shape index (κ2) is 6.53. The molecule has 0 spiro atoms. The Morgan fingerprint density at radius 2 is 2.10 bits per heavy atom. The standard InChI is InChI=1S/C13H22N2O3S2/c1-3-14-9-11-8-12(10-19-11)20(16,17)15-13(2)4-6-18-7-5-13/h8,10,14-15H,3-7,9H2,1-2H3. The fourth-order valence-corrected chi connectivity index (χ4v) is 4.86. The quantitative estimate of drug-likeness (QED) is 0.838. The number of nitrogens with one attached hydrogen (secondary N) is 2. The van der Waals surface area contributed by atoms with Crippen molar-refractivity contribution in [3.8, 4) is 0 Å². The van der Waals surface area contributed by atoms with Crippen molar-refractivity contribution >= 4 is 21.4 Å². The van der Waals surface area contributed by atoms with Crippen LogP contribution >= 0.6 is 11.3 Å². The highest BCUT2D eigenvalue weighted by molar-refractivity contribution is 7.89. The molecular weight excluding hydrogens is 296 g/mol. The minimum absolute atomic E-state index is 0.364. The van der Waals surface area contributed by atoms with Gasteiger partial charge in [0.25, 0.3) is 0 Å². The van der Waals surface area contributed by atoms with Crippen LogP contribution in [0.3, 0.4) is 0 Å². The summed E-state index contributed by atoms with van der Waals surface area (Å²) in [5, 5.41) is 4.90. The molecule has 0 saturated carbocycles. The predicted molar refractivity (Wildman–Crippen MR) is 80.5 cm³/mol. The van der Waals surface area contributed by atoms with Crippen molar-refractivity contribution in [2.45, 2.75) is 43.7 Å². The van der Waals surface area contributed by atoms with E-state index in [1.807, 2.05) is 13.8 Å². The molecule has 1 aromatic rings. The SMILES string of the molecule is CCNCc1cc(S(=O)(=O)NC2(C)CCOCC2)cs1. The van der Waals surface area contributed by atoms with Crippen LogP contribution < -0.4 is 10.0 Å². The summed E-state index contributed by atoms with van der Waals surface area (Å²) in [5.74, 6) is 0. The van der Waals surface area contributed by atoms with Gasteiger partial charge in [0, 0.05) is 35.6 Å². The minimum atomic E-state index is -3.45. The van der Waals surface area contributed by atoms with Crippen LogP contribution in [0, 0.1) is 0 Å². The molecule has 0 bridgehead atoms. The first-order chi connectivity index (χ1) is 9.45. The molecule has 7 heteroatoms. The lowest BCUT2D eigenvalue weighted by Crippen LogP contribution is -2.49. The van der Waals surface area contributed by atoms with Gasteiger partial charge in [0.05, 0.1) is 4.90 Å². The van der Waals surface area contributed by atoms with Crippen molar-refractivity contribution in [1.82, 2.24) is 10.0 Å². The van der Waals surface area contributed by atoms with E-state index in [0.717, 1.165) is 11.4 Å². The van der Waals surface area contributed by atoms with Crippen molar-refractivity contribution < 1.29 is 13.2 Å². The molecule has 0 amide bonds. The van der Waals surface area contributed by atoms with Gasteiger partial charge in [-0.2, -0.15) is 0 Å². The zero-order chi connectivity index (χ0) is 14.6. The number of hydrogen-bond acceptors (Lipinski definition) is 5. The first-order valence-corrected chi connectivity index (χ1v) is 9.21. The summed E-state index contributed by atoms with van der Waals surface area (Å²) in [7, 11) is -3.45. The maximum absolute atomic E-state index is 12.4. The van der Waals surface area contributed by atoms with E-state index in [0.29, 0.717) is 37.5 Å². The molecule has 2 heterocycles. The Bertz CT molecular complexity index is 534. The Labute approximate surface area is 124 Å². The van der Waals surface area contributed by atoms with E-state index in [2.05, 4.69) is 10.0 Å². The highest BCUT2D eigenvalue weighted by Crippen LogP contribution is 2.25. The lowest BCUT2D eigenvalue weighted by molar-refractivity contribution is 0.0537. The fraction of sp³-hybridized carbons (Fsp3) is 0.692. The molecule has 2 N–H and O–H groups in total. The summed E-state index contributed by atoms with van der Waals surface area (Å²) in [6.45, 7) is 6.76. The van der Waals surface area contributed by atoms with E-state index in [9.17, 15) is 8.42 Å². The first kappa shape index (κ1) is 15.9. The normalized spacial score (nSPS) is 19.1. The Morgan fingerprint density at radius 1 is 1.40 bits per heavy atom. The van der Waals surface area contributed by atoms with Gasteiger partial charge in [-0.15, -0.1) is 11.3 Å². The lowest BCUT2D eigenvalue weighted by atomic mass is 9.94. The smallest absolute Gasteiger partial charge is 0.241 e. The van der Waals surface area contributed by atoms with Crippen molar-refractivity contribution in [3.63, 3.8) is 0 Å².